The van der Waals surface area contributed by atoms with Crippen LogP contribution < -0.4 is 35.4 Å². The molecule has 4 aromatic rings. The third-order valence-corrected chi connectivity index (χ3v) is 21.2. The standard InChI is InChI=1S/C64H74F2N6O13/c1-33-26-68(20-21-70(33)34(2)84-32-85-61(79)44-29-72(38-12-13-38)53-42(57(44)77)24-47(66)55(59(53)82-6)69-27-35-8-7-19-67-48(35)30-69)54-46(65)23-41-52(58(54)81-5)71(37-10-11-37)28-43(56(41)76)60(78)83-31-50(75)64(80)18-16-45-40-14-9-36-22-39(73)15-17-62(36,3)51(40)49(74)25-63(45,64)4/h15,17,22-24,28-29,33,35,37-38,40,45,48-49,51,67,74,80H,2,7-14,16,18-21,25-27,30-32H2,1,3-6H3/t33?,35-,40-,45-,48+,49-,51+,62-,63-,64-/m0/s1. The molecule has 2 aromatic carbocycles. The molecular formula is C64H74F2N6O13. The van der Waals surface area contributed by atoms with Crippen LogP contribution in [0.1, 0.15) is 124 Å². The van der Waals surface area contributed by atoms with Crippen LogP contribution in [-0.2, 0) is 23.8 Å². The van der Waals surface area contributed by atoms with Gasteiger partial charge in [-0.15, -0.1) is 0 Å². The summed E-state index contributed by atoms with van der Waals surface area (Å²) >= 11 is 0. The summed E-state index contributed by atoms with van der Waals surface area (Å²) in [6, 6.07) is 1.98. The van der Waals surface area contributed by atoms with Crippen molar-refractivity contribution >= 4 is 56.7 Å². The van der Waals surface area contributed by atoms with Crippen LogP contribution in [0.5, 0.6) is 11.5 Å². The van der Waals surface area contributed by atoms with Gasteiger partial charge in [-0.3, -0.25) is 19.2 Å². The third kappa shape index (κ3) is 9.17. The Kier molecular flexibility index (Phi) is 14.1. The molecule has 0 spiro atoms. The molecule has 9 aliphatic rings. The first kappa shape index (κ1) is 57.0. The van der Waals surface area contributed by atoms with Gasteiger partial charge in [0.15, 0.2) is 41.4 Å². The Labute approximate surface area is 490 Å². The first-order chi connectivity index (χ1) is 40.7. The van der Waals surface area contributed by atoms with Crippen molar-refractivity contribution < 1.29 is 61.9 Å². The maximum absolute atomic E-state index is 16.8. The van der Waals surface area contributed by atoms with Crippen LogP contribution >= 0.6 is 0 Å². The summed E-state index contributed by atoms with van der Waals surface area (Å²) in [4.78, 5) is 88.3. The lowest BCUT2D eigenvalue weighted by Crippen LogP contribution is -2.61. The van der Waals surface area contributed by atoms with Crippen LogP contribution in [0.25, 0.3) is 21.8 Å². The fourth-order valence-electron chi connectivity index (χ4n) is 16.6. The van der Waals surface area contributed by atoms with Crippen LogP contribution in [0.3, 0.4) is 0 Å². The number of esters is 2. The van der Waals surface area contributed by atoms with Gasteiger partial charge in [0.25, 0.3) is 0 Å². The van der Waals surface area contributed by atoms with E-state index in [-0.39, 0.29) is 125 Å². The topological polar surface area (TPSA) is 221 Å². The van der Waals surface area contributed by atoms with Crippen LogP contribution in [-0.4, -0.2) is 138 Å². The van der Waals surface area contributed by atoms with E-state index in [1.165, 1.54) is 32.7 Å². The van der Waals surface area contributed by atoms with E-state index in [0.29, 0.717) is 62.3 Å². The number of allylic oxidation sites excluding steroid dienone is 4. The lowest BCUT2D eigenvalue weighted by atomic mass is 9.46. The predicted molar refractivity (Wildman–Crippen MR) is 310 cm³/mol. The molecule has 5 heterocycles. The second-order valence-corrected chi connectivity index (χ2v) is 25.8. The van der Waals surface area contributed by atoms with E-state index in [2.05, 4.69) is 11.9 Å². The highest BCUT2D eigenvalue weighted by Gasteiger charge is 2.68. The van der Waals surface area contributed by atoms with Crippen molar-refractivity contribution in [3.63, 3.8) is 0 Å². The summed E-state index contributed by atoms with van der Waals surface area (Å²) in [5.41, 5.74) is -3.59. The van der Waals surface area contributed by atoms with Crippen molar-refractivity contribution in [1.29, 1.82) is 0 Å². The lowest BCUT2D eigenvalue weighted by molar-refractivity contribution is -0.178. The Morgan fingerprint density at radius 1 is 0.800 bits per heavy atom. The van der Waals surface area contributed by atoms with Gasteiger partial charge in [-0.25, -0.2) is 18.4 Å². The Balaban J connectivity index is 0.673. The number of pyridine rings is 2. The number of methoxy groups -OCH3 is 2. The molecule has 10 atom stereocenters. The molecule has 452 valence electrons. The van der Waals surface area contributed by atoms with Crippen molar-refractivity contribution in [3.8, 4) is 11.5 Å². The minimum absolute atomic E-state index is 0.0103. The summed E-state index contributed by atoms with van der Waals surface area (Å²) in [5.74, 6) is -3.74. The zero-order chi connectivity index (χ0) is 59.8. The number of carbonyl (C=O) groups excluding carboxylic acids is 4. The summed E-state index contributed by atoms with van der Waals surface area (Å²) in [7, 11) is 2.85. The van der Waals surface area contributed by atoms with E-state index in [9.17, 15) is 39.0 Å². The van der Waals surface area contributed by atoms with Gasteiger partial charge in [-0.2, -0.15) is 0 Å². The monoisotopic (exact) mass is 1170 g/mol. The van der Waals surface area contributed by atoms with Gasteiger partial charge in [0.1, 0.15) is 28.1 Å². The van der Waals surface area contributed by atoms with Crippen LogP contribution in [0.15, 0.2) is 70.4 Å². The highest BCUT2D eigenvalue weighted by Crippen LogP contribution is 2.67. The first-order valence-corrected chi connectivity index (χ1v) is 30.1. The molecular weight excluding hydrogens is 1100 g/mol. The highest BCUT2D eigenvalue weighted by atomic mass is 19.1. The maximum atomic E-state index is 16.8. The minimum atomic E-state index is -1.93. The van der Waals surface area contributed by atoms with Crippen molar-refractivity contribution in [2.45, 2.75) is 127 Å². The molecule has 3 aliphatic heterocycles. The number of benzene rings is 2. The summed E-state index contributed by atoms with van der Waals surface area (Å²) in [6.07, 6.45) is 14.3. The van der Waals surface area contributed by atoms with Gasteiger partial charge < -0.3 is 63.0 Å². The van der Waals surface area contributed by atoms with E-state index >= 15 is 8.78 Å². The molecule has 6 aliphatic carbocycles. The number of carbonyl (C=O) groups is 4. The zero-order valence-corrected chi connectivity index (χ0v) is 48.8. The molecule has 13 rings (SSSR count). The maximum Gasteiger partial charge on any atom is 0.346 e. The molecule has 19 nitrogen and oxygen atoms in total. The zero-order valence-electron chi connectivity index (χ0n) is 48.8. The van der Waals surface area contributed by atoms with E-state index < -0.39 is 81.7 Å². The number of piperidine rings is 1. The molecule has 0 radical (unpaired) electrons. The second-order valence-electron chi connectivity index (χ2n) is 25.8. The second kappa shape index (κ2) is 21.1. The van der Waals surface area contributed by atoms with Crippen molar-refractivity contribution in [1.82, 2.24) is 19.4 Å². The first-order valence-electron chi connectivity index (χ1n) is 30.1. The van der Waals surface area contributed by atoms with Crippen LogP contribution in [0, 0.1) is 46.1 Å². The number of nitrogens with zero attached hydrogens (tertiary/aromatic N) is 5. The molecule has 85 heavy (non-hydrogen) atoms. The number of hydrogen-bond donors (Lipinski definition) is 3. The van der Waals surface area contributed by atoms with Gasteiger partial charge in [-0.05, 0) is 133 Å². The SMILES string of the molecule is C=C(OCOC(=O)c1cn(C2CC2)c2c(OC)c(N3C[C@@H]4CCCN[C@@H]4C3)c(F)cc2c1=O)N1CCN(c2c(F)cc3c(=O)c(C(=O)OCC(=O)[C@@]4(O)CC[C@H]5[C@@H]6CCC7=CC(=O)C=C[C@]7(C)[C@H]6[C@@H](O)C[C@@]54C)cn(C4CC4)c3c2OC)CC1C. The van der Waals surface area contributed by atoms with Gasteiger partial charge in [0.2, 0.25) is 23.4 Å². The Hall–Kier alpha value is -7.10. The fraction of sp³-hybridized carbons (Fsp3) is 0.562. The largest absolute Gasteiger partial charge is 0.492 e. The minimum Gasteiger partial charge on any atom is -0.492 e. The van der Waals surface area contributed by atoms with Gasteiger partial charge in [0.05, 0.1) is 42.1 Å². The van der Waals surface area contributed by atoms with Gasteiger partial charge in [-0.1, -0.05) is 25.5 Å². The number of ether oxygens (including phenoxy) is 5. The quantitative estimate of drug-likeness (QED) is 0.0619. The number of aliphatic hydroxyl groups is 2. The number of aliphatic hydroxyl groups excluding tert-OH is 1. The number of Topliss-reactive ketones (excluding diaryl/α,β-unsaturated/α-hetero) is 1. The van der Waals surface area contributed by atoms with Crippen LogP contribution in [0.2, 0.25) is 0 Å². The summed E-state index contributed by atoms with van der Waals surface area (Å²) in [5, 5.41) is 27.6. The van der Waals surface area contributed by atoms with E-state index in [1.807, 2.05) is 41.2 Å². The third-order valence-electron chi connectivity index (χ3n) is 21.2. The van der Waals surface area contributed by atoms with Crippen molar-refractivity contribution in [2.75, 3.05) is 76.7 Å². The van der Waals surface area contributed by atoms with Crippen molar-refractivity contribution in [3.05, 3.63) is 104 Å². The van der Waals surface area contributed by atoms with Crippen LogP contribution in [0.4, 0.5) is 20.2 Å². The number of aromatic nitrogens is 2. The Morgan fingerprint density at radius 2 is 1.42 bits per heavy atom. The number of anilines is 2. The number of rotatable bonds is 15. The number of halogens is 2. The van der Waals surface area contributed by atoms with E-state index in [4.69, 9.17) is 23.7 Å². The average molecular weight is 1170 g/mol. The highest BCUT2D eigenvalue weighted by molar-refractivity contribution is 6.02. The van der Waals surface area contributed by atoms with Crippen molar-refractivity contribution in [2.24, 2.45) is 34.5 Å². The Bertz CT molecular complexity index is 3690. The number of fused-ring (bicyclic) bond motifs is 8. The van der Waals surface area contributed by atoms with E-state index in [1.54, 1.807) is 21.6 Å². The molecule has 0 amide bonds. The number of hydrogen-bond acceptors (Lipinski definition) is 17. The smallest absolute Gasteiger partial charge is 0.346 e. The fourth-order valence-corrected chi connectivity index (χ4v) is 16.6. The van der Waals surface area contributed by atoms with Gasteiger partial charge in [0, 0.05) is 86.0 Å². The molecule has 5 saturated carbocycles. The number of nitrogens with one attached hydrogen (secondary N) is 1. The van der Waals surface area contributed by atoms with E-state index in [0.717, 1.165) is 43.9 Å². The molecule has 0 bridgehead atoms. The molecule has 3 saturated heterocycles. The normalized spacial score (nSPS) is 30.6. The lowest BCUT2D eigenvalue weighted by Gasteiger charge is -2.59. The summed E-state index contributed by atoms with van der Waals surface area (Å²) < 4.78 is 65.5. The predicted octanol–water partition coefficient (Wildman–Crippen LogP) is 7.02. The molecule has 1 unspecified atom stereocenters. The average Bonchev–Trinajstić information content (AvgIpc) is 1.87. The molecule has 2 aromatic heterocycles. The molecule has 3 N–H and O–H groups in total. The summed E-state index contributed by atoms with van der Waals surface area (Å²) in [6.45, 7) is 11.3. The molecule has 8 fully saturated rings. The number of ketones is 2. The Morgan fingerprint density at radius 3 is 2.02 bits per heavy atom. The van der Waals surface area contributed by atoms with Gasteiger partial charge >= 0.3 is 11.9 Å². The number of piperazine rings is 1. The molecule has 21 heteroatoms.